The average molecular weight is 176 g/mol. The van der Waals surface area contributed by atoms with Gasteiger partial charge in [0.2, 0.25) is 0 Å². The summed E-state index contributed by atoms with van der Waals surface area (Å²) >= 11 is 0. The van der Waals surface area contributed by atoms with Gasteiger partial charge in [-0.05, 0) is 24.6 Å². The summed E-state index contributed by atoms with van der Waals surface area (Å²) in [5, 5.41) is 0. The second-order valence-corrected chi connectivity index (χ2v) is 2.94. The zero-order chi connectivity index (χ0) is 9.84. The summed E-state index contributed by atoms with van der Waals surface area (Å²) in [6.45, 7) is 8.85. The molecule has 0 heterocycles. The van der Waals surface area contributed by atoms with Gasteiger partial charge >= 0.3 is 5.97 Å². The molecule has 0 radical (unpaired) electrons. The first kappa shape index (κ1) is 9.52. The van der Waals surface area contributed by atoms with Crippen LogP contribution in [0.2, 0.25) is 0 Å². The van der Waals surface area contributed by atoms with E-state index < -0.39 is 0 Å². The van der Waals surface area contributed by atoms with Gasteiger partial charge in [-0.2, -0.15) is 0 Å². The fourth-order valence-electron chi connectivity index (χ4n) is 0.859. The smallest absolute Gasteiger partial charge is 0.334 e. The van der Waals surface area contributed by atoms with Crippen LogP contribution in [0.5, 0.6) is 0 Å². The summed E-state index contributed by atoms with van der Waals surface area (Å²) in [5.41, 5.74) is 1.31. The predicted molar refractivity (Wildman–Crippen MR) is 52.1 cm³/mol. The molecule has 68 valence electrons. The minimum atomic E-state index is -0.369. The van der Waals surface area contributed by atoms with Crippen LogP contribution in [0, 0.1) is 0 Å². The van der Waals surface area contributed by atoms with Gasteiger partial charge in [0.25, 0.3) is 0 Å². The van der Waals surface area contributed by atoms with E-state index in [1.165, 1.54) is 0 Å². The highest BCUT2D eigenvalue weighted by Crippen LogP contribution is 2.10. The summed E-state index contributed by atoms with van der Waals surface area (Å²) < 4.78 is 5.05. The largest absolute Gasteiger partial charge is 0.450 e. The minimum Gasteiger partial charge on any atom is -0.450 e. The maximum Gasteiger partial charge on any atom is 0.334 e. The van der Waals surface area contributed by atoms with Gasteiger partial charge in [-0.3, -0.25) is 0 Å². The van der Waals surface area contributed by atoms with Gasteiger partial charge < -0.3 is 4.74 Å². The third kappa shape index (κ3) is 2.75. The van der Waals surface area contributed by atoms with Gasteiger partial charge in [0.15, 0.2) is 0 Å². The van der Waals surface area contributed by atoms with Crippen molar-refractivity contribution in [1.82, 2.24) is 0 Å². The zero-order valence-electron chi connectivity index (χ0n) is 7.62. The van der Waals surface area contributed by atoms with Crippen molar-refractivity contribution in [2.24, 2.45) is 0 Å². The van der Waals surface area contributed by atoms with Crippen molar-refractivity contribution in [3.63, 3.8) is 0 Å². The number of ether oxygens (including phenoxy) is 1. The Bertz CT molecular complexity index is 292. The number of carbonyl (C=O) groups excluding carboxylic acids is 1. The molecule has 1 aliphatic rings. The molecule has 0 aromatic rings. The molecule has 0 saturated heterocycles. The van der Waals surface area contributed by atoms with E-state index in [0.717, 1.165) is 5.57 Å². The van der Waals surface area contributed by atoms with Crippen molar-refractivity contribution in [2.45, 2.75) is 13.0 Å². The van der Waals surface area contributed by atoms with E-state index in [4.69, 9.17) is 4.74 Å². The van der Waals surface area contributed by atoms with Gasteiger partial charge in [0.1, 0.15) is 6.10 Å². The van der Waals surface area contributed by atoms with Crippen molar-refractivity contribution in [3.8, 4) is 0 Å². The first-order valence-corrected chi connectivity index (χ1v) is 4.01. The zero-order valence-corrected chi connectivity index (χ0v) is 7.62. The van der Waals surface area contributed by atoms with E-state index in [0.29, 0.717) is 5.57 Å². The van der Waals surface area contributed by atoms with Crippen LogP contribution in [-0.2, 0) is 9.53 Å². The van der Waals surface area contributed by atoms with Gasteiger partial charge in [-0.25, -0.2) is 4.79 Å². The molecule has 2 heteroatoms. The molecule has 2 nitrogen and oxygen atoms in total. The molecule has 0 saturated carbocycles. The van der Waals surface area contributed by atoms with E-state index in [-0.39, 0.29) is 12.1 Å². The van der Waals surface area contributed by atoms with Crippen LogP contribution in [0.4, 0.5) is 0 Å². The highest BCUT2D eigenvalue weighted by atomic mass is 16.5. The fraction of sp³-hybridized carbons (Fsp3) is 0.182. The van der Waals surface area contributed by atoms with E-state index in [1.54, 1.807) is 19.1 Å². The van der Waals surface area contributed by atoms with Crippen molar-refractivity contribution in [1.29, 1.82) is 0 Å². The Morgan fingerprint density at radius 1 is 1.46 bits per heavy atom. The molecule has 0 spiro atoms. The summed E-state index contributed by atoms with van der Waals surface area (Å²) in [4.78, 5) is 11.1. The number of esters is 1. The first-order valence-electron chi connectivity index (χ1n) is 4.01. The third-order valence-corrected chi connectivity index (χ3v) is 1.59. The van der Waals surface area contributed by atoms with Crippen LogP contribution in [0.1, 0.15) is 6.92 Å². The summed E-state index contributed by atoms with van der Waals surface area (Å²) in [7, 11) is 0. The lowest BCUT2D eigenvalue weighted by Crippen LogP contribution is -2.15. The minimum absolute atomic E-state index is 0.283. The Kier molecular flexibility index (Phi) is 2.85. The molecule has 0 aliphatic heterocycles. The molecular formula is C11H12O2. The van der Waals surface area contributed by atoms with Crippen molar-refractivity contribution in [3.05, 3.63) is 48.6 Å². The Labute approximate surface area is 77.9 Å². The van der Waals surface area contributed by atoms with Crippen LogP contribution in [0.3, 0.4) is 0 Å². The standard InChI is InChI=1S/C11H12O2/c1-8(2)11(12)13-10-6-4-9(3)5-7-10/h4-7,10H,1,3H2,2H3. The lowest BCUT2D eigenvalue weighted by Gasteiger charge is -2.12. The number of hydrogen-bond acceptors (Lipinski definition) is 2. The van der Waals surface area contributed by atoms with Crippen molar-refractivity contribution in [2.75, 3.05) is 0 Å². The maximum atomic E-state index is 11.1. The molecule has 1 aliphatic carbocycles. The molecule has 13 heavy (non-hydrogen) atoms. The summed E-state index contributed by atoms with van der Waals surface area (Å²) in [6.07, 6.45) is 6.91. The normalized spacial score (nSPS) is 15.9. The van der Waals surface area contributed by atoms with E-state index in [1.807, 2.05) is 12.2 Å². The number of carbonyl (C=O) groups is 1. The average Bonchev–Trinajstić information content (AvgIpc) is 2.08. The third-order valence-electron chi connectivity index (χ3n) is 1.59. The molecule has 1 rings (SSSR count). The van der Waals surface area contributed by atoms with Crippen molar-refractivity contribution >= 4 is 5.97 Å². The summed E-state index contributed by atoms with van der Waals surface area (Å²) in [6, 6.07) is 0. The fourth-order valence-corrected chi connectivity index (χ4v) is 0.859. The summed E-state index contributed by atoms with van der Waals surface area (Å²) in [5.74, 6) is -0.369. The molecule has 0 unspecified atom stereocenters. The lowest BCUT2D eigenvalue weighted by atomic mass is 10.1. The Morgan fingerprint density at radius 2 is 2.00 bits per heavy atom. The Morgan fingerprint density at radius 3 is 2.46 bits per heavy atom. The van der Waals surface area contributed by atoms with E-state index in [2.05, 4.69) is 13.2 Å². The first-order chi connectivity index (χ1) is 6.09. The molecule has 0 fully saturated rings. The Balaban J connectivity index is 2.53. The van der Waals surface area contributed by atoms with Crippen LogP contribution in [0.15, 0.2) is 48.6 Å². The monoisotopic (exact) mass is 176 g/mol. The number of rotatable bonds is 2. The van der Waals surface area contributed by atoms with Crippen LogP contribution < -0.4 is 0 Å². The molecule has 0 N–H and O–H groups in total. The molecule has 0 atom stereocenters. The Hall–Kier alpha value is -1.57. The molecule has 0 bridgehead atoms. The van der Waals surface area contributed by atoms with Crippen molar-refractivity contribution < 1.29 is 9.53 Å². The maximum absolute atomic E-state index is 11.1. The SMILES string of the molecule is C=C1C=CC(OC(=O)C(=C)C)C=C1. The van der Waals surface area contributed by atoms with Gasteiger partial charge in [-0.1, -0.05) is 25.3 Å². The van der Waals surface area contributed by atoms with Crippen LogP contribution >= 0.6 is 0 Å². The molecule has 0 aromatic carbocycles. The topological polar surface area (TPSA) is 26.3 Å². The second-order valence-electron chi connectivity index (χ2n) is 2.94. The van der Waals surface area contributed by atoms with Crippen LogP contribution in [0.25, 0.3) is 0 Å². The van der Waals surface area contributed by atoms with Gasteiger partial charge in [0, 0.05) is 5.57 Å². The predicted octanol–water partition coefficient (Wildman–Crippen LogP) is 2.16. The van der Waals surface area contributed by atoms with E-state index in [9.17, 15) is 4.79 Å². The van der Waals surface area contributed by atoms with Crippen LogP contribution in [-0.4, -0.2) is 12.1 Å². The molecular weight excluding hydrogens is 164 g/mol. The molecule has 0 aromatic heterocycles. The molecule has 0 amide bonds. The second kappa shape index (κ2) is 3.90. The van der Waals surface area contributed by atoms with E-state index >= 15 is 0 Å². The highest BCUT2D eigenvalue weighted by Gasteiger charge is 2.10. The van der Waals surface area contributed by atoms with Gasteiger partial charge in [-0.15, -0.1) is 0 Å². The lowest BCUT2D eigenvalue weighted by molar-refractivity contribution is -0.140. The van der Waals surface area contributed by atoms with Gasteiger partial charge in [0.05, 0.1) is 0 Å². The number of allylic oxidation sites excluding steroid dienone is 3. The quantitative estimate of drug-likeness (QED) is 0.476. The number of hydrogen-bond donors (Lipinski definition) is 0. The highest BCUT2D eigenvalue weighted by molar-refractivity contribution is 5.87.